The van der Waals surface area contributed by atoms with Crippen LogP contribution in [0.1, 0.15) is 56.5 Å². The van der Waals surface area contributed by atoms with Crippen LogP contribution in [-0.2, 0) is 6.42 Å². The molecule has 0 saturated heterocycles. The van der Waals surface area contributed by atoms with E-state index in [1.807, 2.05) is 0 Å². The van der Waals surface area contributed by atoms with Crippen LogP contribution >= 0.6 is 11.6 Å². The molecule has 0 aliphatic rings. The van der Waals surface area contributed by atoms with E-state index in [1.54, 1.807) is 0 Å². The molecule has 0 aliphatic carbocycles. The van der Waals surface area contributed by atoms with Crippen LogP contribution in [0, 0.1) is 0 Å². The van der Waals surface area contributed by atoms with Gasteiger partial charge < -0.3 is 4.90 Å². The average Bonchev–Trinajstić information content (AvgIpc) is 2.40. The first-order valence-corrected chi connectivity index (χ1v) is 8.10. The van der Waals surface area contributed by atoms with Crippen molar-refractivity contribution < 1.29 is 0 Å². The van der Waals surface area contributed by atoms with Crippen molar-refractivity contribution in [3.05, 3.63) is 35.4 Å². The minimum Gasteiger partial charge on any atom is -0.302 e. The topological polar surface area (TPSA) is 3.24 Å². The third kappa shape index (κ3) is 5.97. The summed E-state index contributed by atoms with van der Waals surface area (Å²) in [6, 6.07) is 8.83. The SMILES string of the molecule is CCCc1ccc(C(Cl)CN(CCC)CCC)cc1. The minimum atomic E-state index is 0.105. The first-order valence-electron chi connectivity index (χ1n) is 7.66. The molecule has 0 aromatic heterocycles. The Morgan fingerprint density at radius 1 is 0.947 bits per heavy atom. The van der Waals surface area contributed by atoms with Crippen molar-refractivity contribution in [1.82, 2.24) is 4.90 Å². The lowest BCUT2D eigenvalue weighted by molar-refractivity contribution is 0.275. The van der Waals surface area contributed by atoms with Gasteiger partial charge >= 0.3 is 0 Å². The molecule has 108 valence electrons. The van der Waals surface area contributed by atoms with Gasteiger partial charge in [0.1, 0.15) is 0 Å². The third-order valence-corrected chi connectivity index (χ3v) is 3.77. The lowest BCUT2D eigenvalue weighted by Gasteiger charge is -2.24. The van der Waals surface area contributed by atoms with Crippen molar-refractivity contribution in [3.63, 3.8) is 0 Å². The van der Waals surface area contributed by atoms with Gasteiger partial charge in [-0.1, -0.05) is 51.5 Å². The van der Waals surface area contributed by atoms with Gasteiger partial charge in [0.15, 0.2) is 0 Å². The van der Waals surface area contributed by atoms with Crippen molar-refractivity contribution >= 4 is 11.6 Å². The number of hydrogen-bond acceptors (Lipinski definition) is 1. The maximum absolute atomic E-state index is 6.56. The lowest BCUT2D eigenvalue weighted by Crippen LogP contribution is -2.28. The molecule has 0 heterocycles. The highest BCUT2D eigenvalue weighted by Crippen LogP contribution is 2.22. The molecular weight excluding hydrogens is 254 g/mol. The number of benzene rings is 1. The highest BCUT2D eigenvalue weighted by atomic mass is 35.5. The molecule has 0 amide bonds. The maximum Gasteiger partial charge on any atom is 0.0712 e. The van der Waals surface area contributed by atoms with Crippen molar-refractivity contribution in [2.75, 3.05) is 19.6 Å². The fraction of sp³-hybridized carbons (Fsp3) is 0.647. The van der Waals surface area contributed by atoms with Crippen molar-refractivity contribution in [2.45, 2.75) is 51.8 Å². The van der Waals surface area contributed by atoms with Crippen LogP contribution in [-0.4, -0.2) is 24.5 Å². The van der Waals surface area contributed by atoms with Crippen molar-refractivity contribution in [1.29, 1.82) is 0 Å². The van der Waals surface area contributed by atoms with E-state index in [9.17, 15) is 0 Å². The van der Waals surface area contributed by atoms with Gasteiger partial charge in [-0.3, -0.25) is 0 Å². The number of hydrogen-bond donors (Lipinski definition) is 0. The Balaban J connectivity index is 2.57. The number of nitrogens with zero attached hydrogens (tertiary/aromatic N) is 1. The second kappa shape index (κ2) is 9.39. The summed E-state index contributed by atoms with van der Waals surface area (Å²) < 4.78 is 0. The Bertz CT molecular complexity index is 328. The molecule has 1 rings (SSSR count). The van der Waals surface area contributed by atoms with Crippen LogP contribution in [0.25, 0.3) is 0 Å². The van der Waals surface area contributed by atoms with Crippen LogP contribution < -0.4 is 0 Å². The quantitative estimate of drug-likeness (QED) is 0.573. The number of alkyl halides is 1. The maximum atomic E-state index is 6.56. The minimum absolute atomic E-state index is 0.105. The molecule has 1 nitrogen and oxygen atoms in total. The highest BCUT2D eigenvalue weighted by Gasteiger charge is 2.12. The van der Waals surface area contributed by atoms with E-state index in [1.165, 1.54) is 30.4 Å². The van der Waals surface area contributed by atoms with Crippen molar-refractivity contribution in [2.24, 2.45) is 0 Å². The van der Waals surface area contributed by atoms with Crippen LogP contribution in [0.3, 0.4) is 0 Å². The zero-order valence-corrected chi connectivity index (χ0v) is 13.4. The lowest BCUT2D eigenvalue weighted by atomic mass is 10.1. The summed E-state index contributed by atoms with van der Waals surface area (Å²) >= 11 is 6.56. The van der Waals surface area contributed by atoms with E-state index >= 15 is 0 Å². The first kappa shape index (κ1) is 16.5. The third-order valence-electron chi connectivity index (χ3n) is 3.38. The molecule has 1 aromatic carbocycles. The van der Waals surface area contributed by atoms with Gasteiger partial charge in [0.2, 0.25) is 0 Å². The molecule has 0 fully saturated rings. The second-order valence-electron chi connectivity index (χ2n) is 5.26. The standard InChI is InChI=1S/C17H28ClN/c1-4-7-15-8-10-16(11-9-15)17(18)14-19(12-5-2)13-6-3/h8-11,17H,4-7,12-14H2,1-3H3. The molecular formula is C17H28ClN. The molecule has 1 atom stereocenters. The van der Waals surface area contributed by atoms with Crippen LogP contribution in [0.15, 0.2) is 24.3 Å². The summed E-state index contributed by atoms with van der Waals surface area (Å²) in [4.78, 5) is 2.47. The number of aryl methyl sites for hydroxylation is 1. The highest BCUT2D eigenvalue weighted by molar-refractivity contribution is 6.21. The molecule has 19 heavy (non-hydrogen) atoms. The van der Waals surface area contributed by atoms with Gasteiger partial charge in [-0.15, -0.1) is 11.6 Å². The van der Waals surface area contributed by atoms with Crippen molar-refractivity contribution in [3.8, 4) is 0 Å². The zero-order valence-electron chi connectivity index (χ0n) is 12.7. The predicted octanol–water partition coefficient (Wildman–Crippen LogP) is 5.04. The molecule has 0 bridgehead atoms. The Morgan fingerprint density at radius 3 is 2.00 bits per heavy atom. The summed E-state index contributed by atoms with van der Waals surface area (Å²) in [5, 5.41) is 0.105. The average molecular weight is 282 g/mol. The predicted molar refractivity (Wildman–Crippen MR) is 86.1 cm³/mol. The molecule has 1 aromatic rings. The Kier molecular flexibility index (Phi) is 8.16. The Labute approximate surface area is 124 Å². The summed E-state index contributed by atoms with van der Waals surface area (Å²) in [6.45, 7) is 9.91. The zero-order chi connectivity index (χ0) is 14.1. The smallest absolute Gasteiger partial charge is 0.0712 e. The molecule has 0 saturated carbocycles. The Morgan fingerprint density at radius 2 is 1.53 bits per heavy atom. The van der Waals surface area contributed by atoms with E-state index in [2.05, 4.69) is 49.9 Å². The summed E-state index contributed by atoms with van der Waals surface area (Å²) in [6.07, 6.45) is 4.74. The van der Waals surface area contributed by atoms with E-state index in [0.29, 0.717) is 0 Å². The Hall–Kier alpha value is -0.530. The van der Waals surface area contributed by atoms with E-state index < -0.39 is 0 Å². The largest absolute Gasteiger partial charge is 0.302 e. The fourth-order valence-electron chi connectivity index (χ4n) is 2.44. The normalized spacial score (nSPS) is 12.9. The van der Waals surface area contributed by atoms with Crippen LogP contribution in [0.2, 0.25) is 0 Å². The summed E-state index contributed by atoms with van der Waals surface area (Å²) in [5.41, 5.74) is 2.66. The van der Waals surface area contributed by atoms with E-state index in [0.717, 1.165) is 26.1 Å². The first-order chi connectivity index (χ1) is 9.21. The molecule has 0 radical (unpaired) electrons. The van der Waals surface area contributed by atoms with Gasteiger partial charge in [0, 0.05) is 6.54 Å². The summed E-state index contributed by atoms with van der Waals surface area (Å²) in [7, 11) is 0. The molecule has 2 heteroatoms. The van der Waals surface area contributed by atoms with Gasteiger partial charge in [0.05, 0.1) is 5.38 Å². The number of halogens is 1. The fourth-order valence-corrected chi connectivity index (χ4v) is 2.78. The molecule has 0 aliphatic heterocycles. The van der Waals surface area contributed by atoms with Gasteiger partial charge in [-0.25, -0.2) is 0 Å². The van der Waals surface area contributed by atoms with E-state index in [4.69, 9.17) is 11.6 Å². The van der Waals surface area contributed by atoms with Crippen LogP contribution in [0.4, 0.5) is 0 Å². The van der Waals surface area contributed by atoms with Gasteiger partial charge in [-0.2, -0.15) is 0 Å². The van der Waals surface area contributed by atoms with Crippen LogP contribution in [0.5, 0.6) is 0 Å². The van der Waals surface area contributed by atoms with E-state index in [-0.39, 0.29) is 5.38 Å². The summed E-state index contributed by atoms with van der Waals surface area (Å²) in [5.74, 6) is 0. The monoisotopic (exact) mass is 281 g/mol. The van der Waals surface area contributed by atoms with Gasteiger partial charge in [-0.05, 0) is 43.5 Å². The number of rotatable bonds is 9. The van der Waals surface area contributed by atoms with Gasteiger partial charge in [0.25, 0.3) is 0 Å². The molecule has 0 spiro atoms. The second-order valence-corrected chi connectivity index (χ2v) is 5.79. The molecule has 0 N–H and O–H groups in total. The molecule has 1 unspecified atom stereocenters.